The van der Waals surface area contributed by atoms with E-state index in [4.69, 9.17) is 4.74 Å². The highest BCUT2D eigenvalue weighted by atomic mass is 32.2. The fourth-order valence-electron chi connectivity index (χ4n) is 8.28. The number of hydrogen-bond donors (Lipinski definition) is 4. The van der Waals surface area contributed by atoms with E-state index in [1.54, 1.807) is 11.0 Å². The lowest BCUT2D eigenvalue weighted by Gasteiger charge is -2.39. The van der Waals surface area contributed by atoms with Gasteiger partial charge in [0.2, 0.25) is 17.7 Å². The van der Waals surface area contributed by atoms with Gasteiger partial charge in [-0.3, -0.25) is 34.4 Å². The highest BCUT2D eigenvalue weighted by Gasteiger charge is 2.44. The van der Waals surface area contributed by atoms with Crippen LogP contribution in [0.1, 0.15) is 52.4 Å². The van der Waals surface area contributed by atoms with E-state index in [2.05, 4.69) is 56.2 Å². The lowest BCUT2D eigenvalue weighted by Crippen LogP contribution is -2.52. The maximum atomic E-state index is 13.1. The average molecular weight is 747 g/mol. The summed E-state index contributed by atoms with van der Waals surface area (Å²) in [6.45, 7) is 2.38. The number of aromatic nitrogens is 1. The molecule has 1 aromatic heterocycles. The largest absolute Gasteiger partial charge is 0.394 e. The Labute approximate surface area is 317 Å². The topological polar surface area (TPSA) is 153 Å². The summed E-state index contributed by atoms with van der Waals surface area (Å²) in [5, 5.41) is 19.1. The molecule has 1 unspecified atom stereocenters. The Morgan fingerprint density at radius 1 is 1.00 bits per heavy atom. The van der Waals surface area contributed by atoms with Crippen molar-refractivity contribution in [1.82, 2.24) is 20.1 Å². The van der Waals surface area contributed by atoms with Gasteiger partial charge in [-0.1, -0.05) is 24.3 Å². The fraction of sp³-hybridized carbons (Fsp3) is 0.341. The Bertz CT molecular complexity index is 2080. The predicted molar refractivity (Wildman–Crippen MR) is 205 cm³/mol. The Kier molecular flexibility index (Phi) is 10.5. The van der Waals surface area contributed by atoms with Gasteiger partial charge in [0.1, 0.15) is 12.6 Å². The number of ether oxygens (including phenoxy) is 1. The first kappa shape index (κ1) is 35.9. The zero-order chi connectivity index (χ0) is 37.2. The third-order valence-corrected chi connectivity index (χ3v) is 11.9. The van der Waals surface area contributed by atoms with Crippen LogP contribution in [0, 0.1) is 5.92 Å². The van der Waals surface area contributed by atoms with E-state index in [0.717, 1.165) is 46.8 Å². The molecule has 0 bridgehead atoms. The molecule has 12 nitrogen and oxygen atoms in total. The van der Waals surface area contributed by atoms with E-state index >= 15 is 0 Å². The first-order valence-electron chi connectivity index (χ1n) is 18.4. The molecule has 4 aromatic rings. The van der Waals surface area contributed by atoms with Crippen molar-refractivity contribution < 1.29 is 29.0 Å². The van der Waals surface area contributed by atoms with E-state index in [9.17, 15) is 24.3 Å². The maximum Gasteiger partial charge on any atom is 0.255 e. The number of carbonyl (C=O) groups is 4. The van der Waals surface area contributed by atoms with E-state index in [0.29, 0.717) is 36.6 Å². The summed E-state index contributed by atoms with van der Waals surface area (Å²) in [6, 6.07) is 23.4. The van der Waals surface area contributed by atoms with Gasteiger partial charge >= 0.3 is 0 Å². The van der Waals surface area contributed by atoms with Crippen LogP contribution in [0.4, 0.5) is 11.4 Å². The van der Waals surface area contributed by atoms with Crippen molar-refractivity contribution in [1.29, 1.82) is 0 Å². The minimum atomic E-state index is -0.659. The number of rotatable bonds is 12. The number of thioether (sulfide) groups is 1. The molecule has 2 saturated heterocycles. The quantitative estimate of drug-likeness (QED) is 0.0919. The summed E-state index contributed by atoms with van der Waals surface area (Å²) < 4.78 is 5.73. The number of aliphatic hydroxyl groups excluding tert-OH is 1. The molecule has 4 amide bonds. The number of carbonyl (C=O) groups excluding carboxylic acids is 4. The summed E-state index contributed by atoms with van der Waals surface area (Å²) in [5.41, 5.74) is 7.61. The van der Waals surface area contributed by atoms with Crippen LogP contribution in [0.2, 0.25) is 0 Å². The number of hydrogen-bond acceptors (Lipinski definition) is 10. The van der Waals surface area contributed by atoms with Gasteiger partial charge in [-0.2, -0.15) is 0 Å². The molecule has 4 aliphatic rings. The van der Waals surface area contributed by atoms with Gasteiger partial charge in [-0.15, -0.1) is 11.8 Å². The summed E-state index contributed by atoms with van der Waals surface area (Å²) in [7, 11) is 0. The van der Waals surface area contributed by atoms with Gasteiger partial charge in [0.25, 0.3) is 5.91 Å². The smallest absolute Gasteiger partial charge is 0.255 e. The van der Waals surface area contributed by atoms with E-state index in [-0.39, 0.29) is 55.4 Å². The van der Waals surface area contributed by atoms with Crippen LogP contribution in [0.15, 0.2) is 90.1 Å². The highest BCUT2D eigenvalue weighted by molar-refractivity contribution is 7.99. The minimum Gasteiger partial charge on any atom is -0.394 e. The number of pyridine rings is 1. The third-order valence-electron chi connectivity index (χ3n) is 10.8. The second kappa shape index (κ2) is 15.7. The highest BCUT2D eigenvalue weighted by Crippen LogP contribution is 2.48. The number of imide groups is 1. The average Bonchev–Trinajstić information content (AvgIpc) is 3.76. The van der Waals surface area contributed by atoms with Gasteiger partial charge in [0.05, 0.1) is 19.3 Å². The summed E-state index contributed by atoms with van der Waals surface area (Å²) in [4.78, 5) is 59.2. The number of benzene rings is 3. The first-order valence-corrected chi connectivity index (χ1v) is 19.4. The number of amides is 4. The van der Waals surface area contributed by atoms with Crippen LogP contribution < -0.4 is 16.0 Å². The number of likely N-dealkylation sites (tertiary alicyclic amines) is 1. The SMILES string of the molecule is O=C1CCC(N2Cc3c(SCCOCC(=O)Nc4cccc(-c5ccc6c(c5)[C@H]5[C@H](CCN5Cc5ccncc5)[C@@H](CO)N6)c4)cccc3C2=O)C(=O)N1. The molecule has 3 aromatic carbocycles. The van der Waals surface area contributed by atoms with Crippen LogP contribution >= 0.6 is 11.8 Å². The minimum absolute atomic E-state index is 0.00214. The first-order chi connectivity index (χ1) is 26.4. The predicted octanol–water partition coefficient (Wildman–Crippen LogP) is 4.61. The van der Waals surface area contributed by atoms with Crippen molar-refractivity contribution in [2.24, 2.45) is 5.92 Å². The lowest BCUT2D eigenvalue weighted by atomic mass is 9.82. The summed E-state index contributed by atoms with van der Waals surface area (Å²) in [5.74, 6) is -0.345. The zero-order valence-corrected chi connectivity index (χ0v) is 30.5. The van der Waals surface area contributed by atoms with Crippen molar-refractivity contribution >= 4 is 46.8 Å². The fourth-order valence-corrected chi connectivity index (χ4v) is 9.22. The zero-order valence-electron chi connectivity index (χ0n) is 29.7. The van der Waals surface area contributed by atoms with Crippen LogP contribution in [0.3, 0.4) is 0 Å². The van der Waals surface area contributed by atoms with Crippen LogP contribution in [0.5, 0.6) is 0 Å². The molecule has 278 valence electrons. The van der Waals surface area contributed by atoms with Gasteiger partial charge in [-0.25, -0.2) is 0 Å². The molecule has 5 heterocycles. The Hall–Kier alpha value is -5.08. The Morgan fingerprint density at radius 2 is 1.83 bits per heavy atom. The standard InChI is InChI=1S/C41H42N6O6S/c48-23-34-30-13-16-46(21-25-11-14-42-15-12-25)39(30)31-20-27(7-8-33(31)44-34)26-3-1-4-28(19-26)43-38(50)24-53-17-18-54-36-6-2-5-29-32(36)22-47(41(29)52)35-9-10-37(49)45-40(35)51/h1-8,11-12,14-15,19-20,30,34-35,39,44,48H,9-10,13,16-18,21-24H2,(H,43,50)(H,45,49,51)/t30-,34-,35?,39-/m1/s1. The number of nitrogens with one attached hydrogen (secondary N) is 3. The molecule has 4 N–H and O–H groups in total. The van der Waals surface area contributed by atoms with E-state index < -0.39 is 11.9 Å². The summed E-state index contributed by atoms with van der Waals surface area (Å²) >= 11 is 1.54. The normalized spacial score (nSPS) is 21.9. The van der Waals surface area contributed by atoms with Gasteiger partial charge < -0.3 is 25.4 Å². The number of piperidine rings is 1. The van der Waals surface area contributed by atoms with Crippen molar-refractivity contribution in [2.45, 2.75) is 55.4 Å². The molecule has 2 fully saturated rings. The third kappa shape index (κ3) is 7.36. The molecule has 13 heteroatoms. The number of aliphatic hydroxyl groups is 1. The Morgan fingerprint density at radius 3 is 2.67 bits per heavy atom. The molecule has 8 rings (SSSR count). The molecular formula is C41H42N6O6S. The maximum absolute atomic E-state index is 13.1. The monoisotopic (exact) mass is 746 g/mol. The van der Waals surface area contributed by atoms with Crippen LogP contribution in [-0.4, -0.2) is 87.7 Å². The Balaban J connectivity index is 0.862. The van der Waals surface area contributed by atoms with Gasteiger partial charge in [0, 0.05) is 71.5 Å². The number of nitrogens with zero attached hydrogens (tertiary/aromatic N) is 3. The molecule has 0 saturated carbocycles. The summed E-state index contributed by atoms with van der Waals surface area (Å²) in [6.07, 6.45) is 5.18. The molecule has 54 heavy (non-hydrogen) atoms. The van der Waals surface area contributed by atoms with E-state index in [1.165, 1.54) is 22.9 Å². The van der Waals surface area contributed by atoms with Gasteiger partial charge in [0.15, 0.2) is 0 Å². The van der Waals surface area contributed by atoms with Gasteiger partial charge in [-0.05, 0) is 95.7 Å². The molecule has 4 atom stereocenters. The second-order valence-corrected chi connectivity index (χ2v) is 15.3. The molecular weight excluding hydrogens is 705 g/mol. The molecule has 0 spiro atoms. The van der Waals surface area contributed by atoms with Crippen LogP contribution in [0.25, 0.3) is 11.1 Å². The number of anilines is 2. The second-order valence-electron chi connectivity index (χ2n) is 14.2. The molecule has 0 radical (unpaired) electrons. The van der Waals surface area contributed by atoms with Crippen molar-refractivity contribution in [3.8, 4) is 11.1 Å². The van der Waals surface area contributed by atoms with Crippen molar-refractivity contribution in [3.63, 3.8) is 0 Å². The molecule has 0 aliphatic carbocycles. The lowest BCUT2D eigenvalue weighted by molar-refractivity contribution is -0.137. The van der Waals surface area contributed by atoms with Crippen molar-refractivity contribution in [3.05, 3.63) is 107 Å². The number of fused-ring (bicyclic) bond motifs is 4. The van der Waals surface area contributed by atoms with Crippen molar-refractivity contribution in [2.75, 3.05) is 42.8 Å². The molecule has 4 aliphatic heterocycles. The van der Waals surface area contributed by atoms with E-state index in [1.807, 2.05) is 48.8 Å². The van der Waals surface area contributed by atoms with Crippen LogP contribution in [-0.2, 0) is 32.2 Å².